The maximum Gasteiger partial charge on any atom is 0.333 e. The summed E-state index contributed by atoms with van der Waals surface area (Å²) in [5.41, 5.74) is 0.519. The lowest BCUT2D eigenvalue weighted by atomic mass is 10.2. The Morgan fingerprint density at radius 3 is 2.92 bits per heavy atom. The molecule has 74 valence electrons. The van der Waals surface area contributed by atoms with Gasteiger partial charge in [-0.05, 0) is 6.92 Å². The largest absolute Gasteiger partial charge is 0.456 e. The maximum absolute atomic E-state index is 10.9. The zero-order valence-electron chi connectivity index (χ0n) is 7.75. The minimum Gasteiger partial charge on any atom is -0.456 e. The lowest BCUT2D eigenvalue weighted by molar-refractivity contribution is -0.143. The summed E-state index contributed by atoms with van der Waals surface area (Å²) in [5.74, 6) is -0.315. The van der Waals surface area contributed by atoms with Crippen LogP contribution in [-0.4, -0.2) is 32.1 Å². The van der Waals surface area contributed by atoms with Crippen LogP contribution in [0.15, 0.2) is 12.2 Å². The van der Waals surface area contributed by atoms with Crippen LogP contribution in [0.5, 0.6) is 0 Å². The van der Waals surface area contributed by atoms with E-state index in [4.69, 9.17) is 14.2 Å². The summed E-state index contributed by atoms with van der Waals surface area (Å²) >= 11 is 0. The Balaban J connectivity index is 2.10. The molecule has 4 heteroatoms. The van der Waals surface area contributed by atoms with Crippen molar-refractivity contribution in [1.29, 1.82) is 0 Å². The van der Waals surface area contributed by atoms with Crippen LogP contribution in [0.2, 0.25) is 0 Å². The Bertz CT molecular complexity index is 184. The van der Waals surface area contributed by atoms with Crippen LogP contribution in [-0.2, 0) is 19.0 Å². The van der Waals surface area contributed by atoms with Gasteiger partial charge in [-0.2, -0.15) is 0 Å². The number of esters is 1. The number of carbonyl (C=O) groups excluding carboxylic acids is 1. The molecular weight excluding hydrogens is 172 g/mol. The second-order valence-corrected chi connectivity index (χ2v) is 2.82. The topological polar surface area (TPSA) is 44.8 Å². The van der Waals surface area contributed by atoms with E-state index in [1.54, 1.807) is 0 Å². The van der Waals surface area contributed by atoms with Gasteiger partial charge in [0.25, 0.3) is 0 Å². The second kappa shape index (κ2) is 4.99. The third-order valence-corrected chi connectivity index (χ3v) is 1.71. The Hall–Kier alpha value is -0.870. The highest BCUT2D eigenvalue weighted by molar-refractivity contribution is 5.89. The summed E-state index contributed by atoms with van der Waals surface area (Å²) in [7, 11) is 0. The van der Waals surface area contributed by atoms with E-state index < -0.39 is 0 Å². The van der Waals surface area contributed by atoms with Crippen LogP contribution in [0, 0.1) is 0 Å². The molecule has 4 nitrogen and oxygen atoms in total. The Morgan fingerprint density at radius 2 is 2.38 bits per heavy atom. The molecule has 0 aromatic heterocycles. The Kier molecular flexibility index (Phi) is 3.92. The van der Waals surface area contributed by atoms with Crippen molar-refractivity contribution in [2.45, 2.75) is 19.4 Å². The van der Waals surface area contributed by atoms with E-state index in [-0.39, 0.29) is 18.9 Å². The van der Waals surface area contributed by atoms with Crippen molar-refractivity contribution in [1.82, 2.24) is 0 Å². The third kappa shape index (κ3) is 3.16. The summed E-state index contributed by atoms with van der Waals surface area (Å²) in [6.07, 6.45) is 0.380. The van der Waals surface area contributed by atoms with Crippen LogP contribution >= 0.6 is 0 Å². The molecule has 0 bridgehead atoms. The van der Waals surface area contributed by atoms with Gasteiger partial charge in [-0.1, -0.05) is 6.58 Å². The minimum atomic E-state index is -0.315. The van der Waals surface area contributed by atoms with Gasteiger partial charge in [0.05, 0.1) is 6.61 Å². The first kappa shape index (κ1) is 10.2. The number of cyclic esters (lactones) is 1. The fraction of sp³-hybridized carbons (Fsp3) is 0.667. The molecule has 1 rings (SSSR count). The summed E-state index contributed by atoms with van der Waals surface area (Å²) in [5, 5.41) is 0. The quantitative estimate of drug-likeness (QED) is 0.276. The molecule has 1 aliphatic rings. The third-order valence-electron chi connectivity index (χ3n) is 1.71. The van der Waals surface area contributed by atoms with Crippen LogP contribution in [0.3, 0.4) is 0 Å². The predicted molar refractivity (Wildman–Crippen MR) is 46.1 cm³/mol. The van der Waals surface area contributed by atoms with Crippen LogP contribution in [0.1, 0.15) is 13.3 Å². The van der Waals surface area contributed by atoms with Crippen molar-refractivity contribution in [3.63, 3.8) is 0 Å². The van der Waals surface area contributed by atoms with Gasteiger partial charge in [-0.15, -0.1) is 0 Å². The molecular formula is C9H14O4. The SMILES string of the molecule is C=C1CC(COCOCC)OC1=O. The molecule has 0 radical (unpaired) electrons. The standard InChI is InChI=1S/C9H14O4/c1-3-11-6-12-5-8-4-7(2)9(10)13-8/h8H,2-6H2,1H3. The average molecular weight is 186 g/mol. The molecule has 1 heterocycles. The summed E-state index contributed by atoms with van der Waals surface area (Å²) in [6, 6.07) is 0. The lowest BCUT2D eigenvalue weighted by Gasteiger charge is -2.08. The minimum absolute atomic E-state index is 0.180. The molecule has 0 aromatic carbocycles. The van der Waals surface area contributed by atoms with Gasteiger partial charge in [-0.3, -0.25) is 0 Å². The molecule has 0 amide bonds. The summed E-state index contributed by atoms with van der Waals surface area (Å²) in [6.45, 7) is 6.71. The first-order valence-electron chi connectivity index (χ1n) is 4.28. The molecule has 1 aliphatic heterocycles. The normalized spacial score (nSPS) is 22.1. The number of hydrogen-bond donors (Lipinski definition) is 0. The molecule has 13 heavy (non-hydrogen) atoms. The van der Waals surface area contributed by atoms with Gasteiger partial charge in [0.1, 0.15) is 12.9 Å². The molecule has 0 N–H and O–H groups in total. The molecule has 0 aliphatic carbocycles. The summed E-state index contributed by atoms with van der Waals surface area (Å²) < 4.78 is 15.0. The van der Waals surface area contributed by atoms with Gasteiger partial charge >= 0.3 is 5.97 Å². The van der Waals surface area contributed by atoms with E-state index in [2.05, 4.69) is 6.58 Å². The Labute approximate surface area is 77.5 Å². The highest BCUT2D eigenvalue weighted by Gasteiger charge is 2.27. The van der Waals surface area contributed by atoms with Crippen molar-refractivity contribution in [2.24, 2.45) is 0 Å². The first-order chi connectivity index (χ1) is 6.24. The van der Waals surface area contributed by atoms with E-state index in [1.807, 2.05) is 6.92 Å². The average Bonchev–Trinajstić information content (AvgIpc) is 2.41. The van der Waals surface area contributed by atoms with Crippen molar-refractivity contribution < 1.29 is 19.0 Å². The molecule has 0 aromatic rings. The van der Waals surface area contributed by atoms with Crippen LogP contribution < -0.4 is 0 Å². The van der Waals surface area contributed by atoms with E-state index in [0.717, 1.165) is 0 Å². The Morgan fingerprint density at radius 1 is 1.62 bits per heavy atom. The molecule has 1 atom stereocenters. The molecule has 1 fully saturated rings. The molecule has 0 spiro atoms. The zero-order chi connectivity index (χ0) is 9.68. The molecule has 0 saturated carbocycles. The van der Waals surface area contributed by atoms with E-state index >= 15 is 0 Å². The number of carbonyl (C=O) groups is 1. The molecule has 1 unspecified atom stereocenters. The van der Waals surface area contributed by atoms with Crippen molar-refractivity contribution in [2.75, 3.05) is 20.0 Å². The van der Waals surface area contributed by atoms with Crippen molar-refractivity contribution >= 4 is 5.97 Å². The first-order valence-corrected chi connectivity index (χ1v) is 4.28. The van der Waals surface area contributed by atoms with Gasteiger partial charge < -0.3 is 14.2 Å². The maximum atomic E-state index is 10.9. The second-order valence-electron chi connectivity index (χ2n) is 2.82. The van der Waals surface area contributed by atoms with Gasteiger partial charge in [-0.25, -0.2) is 4.79 Å². The smallest absolute Gasteiger partial charge is 0.333 e. The number of hydrogen-bond acceptors (Lipinski definition) is 4. The molecule has 1 saturated heterocycles. The van der Waals surface area contributed by atoms with Crippen molar-refractivity contribution in [3.05, 3.63) is 12.2 Å². The highest BCUT2D eigenvalue weighted by atomic mass is 16.7. The summed E-state index contributed by atoms with van der Waals surface area (Å²) in [4.78, 5) is 10.9. The fourth-order valence-electron chi connectivity index (χ4n) is 1.05. The zero-order valence-corrected chi connectivity index (χ0v) is 7.75. The van der Waals surface area contributed by atoms with E-state index in [0.29, 0.717) is 25.2 Å². The lowest BCUT2D eigenvalue weighted by Crippen LogP contribution is -2.16. The van der Waals surface area contributed by atoms with Crippen LogP contribution in [0.4, 0.5) is 0 Å². The van der Waals surface area contributed by atoms with Gasteiger partial charge in [0.15, 0.2) is 0 Å². The van der Waals surface area contributed by atoms with Crippen LogP contribution in [0.25, 0.3) is 0 Å². The fourth-order valence-corrected chi connectivity index (χ4v) is 1.05. The van der Waals surface area contributed by atoms with Gasteiger partial charge in [0.2, 0.25) is 0 Å². The number of rotatable bonds is 5. The predicted octanol–water partition coefficient (Wildman–Crippen LogP) is 0.869. The highest BCUT2D eigenvalue weighted by Crippen LogP contribution is 2.18. The monoisotopic (exact) mass is 186 g/mol. The van der Waals surface area contributed by atoms with E-state index in [9.17, 15) is 4.79 Å². The van der Waals surface area contributed by atoms with Gasteiger partial charge in [0, 0.05) is 18.6 Å². The number of ether oxygens (including phenoxy) is 3. The van der Waals surface area contributed by atoms with E-state index in [1.165, 1.54) is 0 Å². The van der Waals surface area contributed by atoms with Crippen molar-refractivity contribution in [3.8, 4) is 0 Å².